The summed E-state index contributed by atoms with van der Waals surface area (Å²) in [5, 5.41) is 9.16. The first-order valence-electron chi connectivity index (χ1n) is 4.64. The Balaban J connectivity index is 3.64. The van der Waals surface area contributed by atoms with E-state index in [2.05, 4.69) is 0 Å². The molecule has 90 valence electrons. The molecule has 1 N–H and O–H groups in total. The van der Waals surface area contributed by atoms with Crippen LogP contribution in [0.1, 0.15) is 31.9 Å². The molecule has 0 unspecified atom stereocenters. The molecule has 0 heterocycles. The number of alkyl halides is 3. The highest BCUT2D eigenvalue weighted by Crippen LogP contribution is 2.45. The molecule has 1 nitrogen and oxygen atoms in total. The van der Waals surface area contributed by atoms with Crippen LogP contribution in [0, 0.1) is 0 Å². The molecule has 0 bridgehead atoms. The Kier molecular flexibility index (Phi) is 3.16. The van der Waals surface area contributed by atoms with Crippen molar-refractivity contribution in [3.8, 4) is 5.75 Å². The van der Waals surface area contributed by atoms with E-state index < -0.39 is 22.2 Å². The highest BCUT2D eigenvalue weighted by Gasteiger charge is 2.40. The molecule has 0 aliphatic heterocycles. The summed E-state index contributed by atoms with van der Waals surface area (Å²) >= 11 is 5.56. The normalized spacial score (nSPS) is 12.9. The minimum absolute atomic E-state index is 0.174. The van der Waals surface area contributed by atoms with Crippen LogP contribution in [0.25, 0.3) is 0 Å². The summed E-state index contributed by atoms with van der Waals surface area (Å²) in [6.07, 6.45) is -4.57. The zero-order valence-electron chi connectivity index (χ0n) is 9.11. The molecule has 0 aliphatic carbocycles. The zero-order valence-corrected chi connectivity index (χ0v) is 9.87. The van der Waals surface area contributed by atoms with E-state index in [-0.39, 0.29) is 11.3 Å². The third kappa shape index (κ3) is 2.43. The van der Waals surface area contributed by atoms with E-state index in [1.807, 2.05) is 0 Å². The van der Waals surface area contributed by atoms with E-state index in [0.717, 1.165) is 6.07 Å². The number of phenols is 1. The molecular formula is C11H12ClF3O. The third-order valence-electron chi connectivity index (χ3n) is 2.17. The molecule has 0 radical (unpaired) electrons. The summed E-state index contributed by atoms with van der Waals surface area (Å²) in [5.41, 5.74) is -1.96. The van der Waals surface area contributed by atoms with Gasteiger partial charge in [-0.2, -0.15) is 13.2 Å². The van der Waals surface area contributed by atoms with E-state index in [1.54, 1.807) is 20.8 Å². The predicted molar refractivity (Wildman–Crippen MR) is 56.8 cm³/mol. The van der Waals surface area contributed by atoms with Gasteiger partial charge in [0, 0.05) is 5.56 Å². The fraction of sp³-hybridized carbons (Fsp3) is 0.455. The zero-order chi connectivity index (χ0) is 12.7. The lowest BCUT2D eigenvalue weighted by Gasteiger charge is -2.25. The summed E-state index contributed by atoms with van der Waals surface area (Å²) in [4.78, 5) is 0. The highest BCUT2D eigenvalue weighted by molar-refractivity contribution is 6.31. The maximum atomic E-state index is 12.8. The summed E-state index contributed by atoms with van der Waals surface area (Å²) in [7, 11) is 0. The van der Waals surface area contributed by atoms with Gasteiger partial charge in [0.15, 0.2) is 0 Å². The first-order chi connectivity index (χ1) is 7.05. The summed E-state index contributed by atoms with van der Waals surface area (Å²) < 4.78 is 38.5. The molecule has 1 rings (SSSR count). The van der Waals surface area contributed by atoms with Crippen molar-refractivity contribution >= 4 is 11.6 Å². The lowest BCUT2D eigenvalue weighted by molar-refractivity contribution is -0.138. The molecule has 0 aliphatic rings. The van der Waals surface area contributed by atoms with Crippen molar-refractivity contribution in [3.05, 3.63) is 28.3 Å². The Labute approximate surface area is 96.9 Å². The number of hydrogen-bond donors (Lipinski definition) is 1. The van der Waals surface area contributed by atoms with Gasteiger partial charge in [0.2, 0.25) is 0 Å². The topological polar surface area (TPSA) is 20.2 Å². The van der Waals surface area contributed by atoms with Crippen LogP contribution in [0.3, 0.4) is 0 Å². The molecule has 16 heavy (non-hydrogen) atoms. The standard InChI is InChI=1S/C11H12ClF3O/c1-10(2,3)9-7(16)5-4-6(12)8(9)11(13,14)15/h4-5,16H,1-3H3. The Hall–Kier alpha value is -0.900. The van der Waals surface area contributed by atoms with Gasteiger partial charge in [0.05, 0.1) is 10.6 Å². The molecular weight excluding hydrogens is 241 g/mol. The number of phenolic OH excluding ortho intramolecular Hbond substituents is 1. The first kappa shape index (κ1) is 13.2. The van der Waals surface area contributed by atoms with Crippen LogP contribution in [-0.4, -0.2) is 5.11 Å². The Morgan fingerprint density at radius 3 is 1.88 bits per heavy atom. The van der Waals surface area contributed by atoms with Gasteiger partial charge in [0.1, 0.15) is 5.75 Å². The van der Waals surface area contributed by atoms with Crippen molar-refractivity contribution < 1.29 is 18.3 Å². The number of hydrogen-bond acceptors (Lipinski definition) is 1. The average Bonchev–Trinajstić information content (AvgIpc) is 2.04. The molecule has 0 saturated carbocycles. The summed E-state index contributed by atoms with van der Waals surface area (Å²) in [6, 6.07) is 2.23. The van der Waals surface area contributed by atoms with E-state index in [4.69, 9.17) is 11.6 Å². The molecule has 5 heteroatoms. The predicted octanol–water partition coefficient (Wildman–Crippen LogP) is 4.36. The van der Waals surface area contributed by atoms with E-state index in [9.17, 15) is 18.3 Å². The maximum absolute atomic E-state index is 12.8. The van der Waals surface area contributed by atoms with Crippen molar-refractivity contribution in [3.63, 3.8) is 0 Å². The second-order valence-corrected chi connectivity index (χ2v) is 4.97. The Bertz CT molecular complexity index is 366. The van der Waals surface area contributed by atoms with Gasteiger partial charge in [-0.15, -0.1) is 0 Å². The van der Waals surface area contributed by atoms with Crippen molar-refractivity contribution in [2.75, 3.05) is 0 Å². The molecule has 0 saturated heterocycles. The third-order valence-corrected chi connectivity index (χ3v) is 2.48. The van der Waals surface area contributed by atoms with Gasteiger partial charge in [-0.05, 0) is 17.5 Å². The number of aromatic hydroxyl groups is 1. The largest absolute Gasteiger partial charge is 0.508 e. The number of benzene rings is 1. The second kappa shape index (κ2) is 3.84. The van der Waals surface area contributed by atoms with Crippen molar-refractivity contribution in [1.29, 1.82) is 0 Å². The maximum Gasteiger partial charge on any atom is 0.418 e. The van der Waals surface area contributed by atoms with Crippen LogP contribution in [0.4, 0.5) is 13.2 Å². The average molecular weight is 253 g/mol. The fourth-order valence-electron chi connectivity index (χ4n) is 1.60. The molecule has 0 spiro atoms. The highest BCUT2D eigenvalue weighted by atomic mass is 35.5. The Morgan fingerprint density at radius 1 is 1.06 bits per heavy atom. The smallest absolute Gasteiger partial charge is 0.418 e. The minimum atomic E-state index is -4.57. The molecule has 1 aromatic rings. The van der Waals surface area contributed by atoms with Crippen LogP contribution in [0.5, 0.6) is 5.75 Å². The molecule has 0 fully saturated rings. The molecule has 0 aromatic heterocycles. The van der Waals surface area contributed by atoms with Crippen LogP contribution >= 0.6 is 11.6 Å². The molecule has 0 amide bonds. The van der Waals surface area contributed by atoms with E-state index in [1.165, 1.54) is 6.07 Å². The lowest BCUT2D eigenvalue weighted by atomic mass is 9.83. The SMILES string of the molecule is CC(C)(C)c1c(O)ccc(Cl)c1C(F)(F)F. The Morgan fingerprint density at radius 2 is 1.56 bits per heavy atom. The van der Waals surface area contributed by atoms with Crippen LogP contribution < -0.4 is 0 Å². The van der Waals surface area contributed by atoms with Gasteiger partial charge in [-0.25, -0.2) is 0 Å². The summed E-state index contributed by atoms with van der Waals surface area (Å²) in [6.45, 7) is 4.77. The van der Waals surface area contributed by atoms with Gasteiger partial charge in [-0.3, -0.25) is 0 Å². The number of halogens is 4. The van der Waals surface area contributed by atoms with Gasteiger partial charge < -0.3 is 5.11 Å². The van der Waals surface area contributed by atoms with Crippen molar-refractivity contribution in [2.24, 2.45) is 0 Å². The van der Waals surface area contributed by atoms with Gasteiger partial charge in [0.25, 0.3) is 0 Å². The van der Waals surface area contributed by atoms with Gasteiger partial charge >= 0.3 is 6.18 Å². The van der Waals surface area contributed by atoms with E-state index in [0.29, 0.717) is 0 Å². The number of rotatable bonds is 0. The quantitative estimate of drug-likeness (QED) is 0.727. The van der Waals surface area contributed by atoms with E-state index >= 15 is 0 Å². The van der Waals surface area contributed by atoms with Crippen molar-refractivity contribution in [2.45, 2.75) is 32.4 Å². The van der Waals surface area contributed by atoms with Crippen LogP contribution in [0.2, 0.25) is 5.02 Å². The van der Waals surface area contributed by atoms with Gasteiger partial charge in [-0.1, -0.05) is 32.4 Å². The van der Waals surface area contributed by atoms with Crippen LogP contribution in [-0.2, 0) is 11.6 Å². The lowest BCUT2D eigenvalue weighted by Crippen LogP contribution is -2.20. The summed E-state index contributed by atoms with van der Waals surface area (Å²) in [5.74, 6) is -0.385. The fourth-order valence-corrected chi connectivity index (χ4v) is 1.87. The molecule has 0 atom stereocenters. The second-order valence-electron chi connectivity index (χ2n) is 4.56. The monoisotopic (exact) mass is 252 g/mol. The van der Waals surface area contributed by atoms with Crippen molar-refractivity contribution in [1.82, 2.24) is 0 Å². The first-order valence-corrected chi connectivity index (χ1v) is 5.02. The van der Waals surface area contributed by atoms with Crippen LogP contribution in [0.15, 0.2) is 12.1 Å². The molecule has 1 aromatic carbocycles. The minimum Gasteiger partial charge on any atom is -0.508 e.